The molecule has 0 saturated carbocycles. The first-order valence-electron chi connectivity index (χ1n) is 14.0. The molecule has 0 aromatic carbocycles. The summed E-state index contributed by atoms with van der Waals surface area (Å²) in [5, 5.41) is 9.85. The molecule has 0 heterocycles. The Morgan fingerprint density at radius 2 is 1.26 bits per heavy atom. The van der Waals surface area contributed by atoms with Crippen molar-refractivity contribution in [3.63, 3.8) is 0 Å². The smallest absolute Gasteiger partial charge is 0.463 e. The molecule has 1 unspecified atom stereocenters. The normalized spacial score (nSPS) is 12.9. The van der Waals surface area contributed by atoms with Gasteiger partial charge in [-0.1, -0.05) is 104 Å². The highest BCUT2D eigenvalue weighted by Gasteiger charge is 2.40. The van der Waals surface area contributed by atoms with Gasteiger partial charge in [0.15, 0.2) is 0 Å². The van der Waals surface area contributed by atoms with Crippen molar-refractivity contribution in [1.29, 1.82) is 0 Å². The van der Waals surface area contributed by atoms with Crippen LogP contribution in [0.2, 0.25) is 0 Å². The van der Waals surface area contributed by atoms with E-state index in [9.17, 15) is 19.7 Å². The van der Waals surface area contributed by atoms with Crippen LogP contribution in [0.15, 0.2) is 0 Å². The van der Waals surface area contributed by atoms with Gasteiger partial charge in [-0.25, -0.2) is 0 Å². The number of hydrogen-bond donors (Lipinski definition) is 3. The molecule has 35 heavy (non-hydrogen) atoms. The summed E-state index contributed by atoms with van der Waals surface area (Å²) < 4.78 is 14.9. The third-order valence-corrected chi connectivity index (χ3v) is 7.13. The molecule has 0 aliphatic rings. The number of unbranched alkanes of at least 4 members (excludes halogenated alkanes) is 14. The van der Waals surface area contributed by atoms with E-state index in [1.807, 2.05) is 18.9 Å². The second-order valence-electron chi connectivity index (χ2n) is 9.55. The average molecular weight is 525 g/mol. The van der Waals surface area contributed by atoms with Crippen molar-refractivity contribution in [3.05, 3.63) is 0 Å². The van der Waals surface area contributed by atoms with Gasteiger partial charge in [-0.2, -0.15) is 18.8 Å². The molecule has 0 aliphatic carbocycles. The van der Waals surface area contributed by atoms with E-state index in [4.69, 9.17) is 13.8 Å². The standard InChI is InChI=1S/C26H55NO7P/c1-4-6-7-8-9-10-11-12-13-14-15-16-17-18-19-20-26(29)32-23-25(28)24-34-35(30,31)33-22-21-27(3)5-2/h25,28,30-31H,4-24H2,1-3H3/q+1. The number of likely N-dealkylation sites (N-methyl/N-ethyl adjacent to an activating group) is 1. The largest absolute Gasteiger partial charge is 0.570 e. The zero-order valence-electron chi connectivity index (χ0n) is 22.8. The van der Waals surface area contributed by atoms with Crippen molar-refractivity contribution in [2.24, 2.45) is 0 Å². The van der Waals surface area contributed by atoms with Crippen molar-refractivity contribution < 1.29 is 33.5 Å². The second kappa shape index (κ2) is 24.0. The topological polar surface area (TPSA) is 109 Å². The number of carbonyl (C=O) groups is 1. The van der Waals surface area contributed by atoms with Gasteiger partial charge in [-0.3, -0.25) is 4.79 Å². The number of aliphatic hydroxyl groups is 1. The van der Waals surface area contributed by atoms with E-state index in [1.54, 1.807) is 0 Å². The van der Waals surface area contributed by atoms with Crippen LogP contribution in [0.4, 0.5) is 0 Å². The van der Waals surface area contributed by atoms with Gasteiger partial charge in [-0.05, 0) is 20.0 Å². The Bertz CT molecular complexity index is 483. The van der Waals surface area contributed by atoms with E-state index in [0.29, 0.717) is 13.0 Å². The molecule has 0 aromatic heterocycles. The van der Waals surface area contributed by atoms with E-state index in [1.165, 1.54) is 77.0 Å². The van der Waals surface area contributed by atoms with Crippen LogP contribution in [0.5, 0.6) is 0 Å². The predicted molar refractivity (Wildman–Crippen MR) is 143 cm³/mol. The maximum absolute atomic E-state index is 11.8. The highest BCUT2D eigenvalue weighted by molar-refractivity contribution is 7.54. The molecule has 210 valence electrons. The van der Waals surface area contributed by atoms with Crippen LogP contribution in [0.1, 0.15) is 117 Å². The molecule has 0 rings (SSSR count). The van der Waals surface area contributed by atoms with Crippen LogP contribution < -0.4 is 0 Å². The van der Waals surface area contributed by atoms with Crippen molar-refractivity contribution in [2.75, 3.05) is 40.0 Å². The fourth-order valence-electron chi connectivity index (χ4n) is 3.64. The predicted octanol–water partition coefficient (Wildman–Crippen LogP) is 5.80. The Balaban J connectivity index is 3.50. The van der Waals surface area contributed by atoms with Gasteiger partial charge in [0, 0.05) is 13.0 Å². The van der Waals surface area contributed by atoms with Gasteiger partial charge in [0.25, 0.3) is 0 Å². The van der Waals surface area contributed by atoms with Gasteiger partial charge in [-0.15, -0.1) is 0 Å². The van der Waals surface area contributed by atoms with E-state index >= 15 is 0 Å². The summed E-state index contributed by atoms with van der Waals surface area (Å²) in [5.41, 5.74) is 0. The van der Waals surface area contributed by atoms with Crippen LogP contribution in [0, 0.1) is 0 Å². The number of ether oxygens (including phenoxy) is 1. The summed E-state index contributed by atoms with van der Waals surface area (Å²) in [4.78, 5) is 33.2. The average Bonchev–Trinajstić information content (AvgIpc) is 2.83. The molecule has 3 N–H and O–H groups in total. The lowest BCUT2D eigenvalue weighted by Crippen LogP contribution is -2.25. The summed E-state index contributed by atoms with van der Waals surface area (Å²) in [6.07, 6.45) is 18.3. The Kier molecular flexibility index (Phi) is 23.8. The van der Waals surface area contributed by atoms with Gasteiger partial charge < -0.3 is 14.7 Å². The highest BCUT2D eigenvalue weighted by atomic mass is 31.2. The molecule has 0 spiro atoms. The van der Waals surface area contributed by atoms with Crippen molar-refractivity contribution in [1.82, 2.24) is 4.90 Å². The fraction of sp³-hybridized carbons (Fsp3) is 0.962. The van der Waals surface area contributed by atoms with Gasteiger partial charge >= 0.3 is 14.1 Å². The van der Waals surface area contributed by atoms with Gasteiger partial charge in [0.2, 0.25) is 0 Å². The second-order valence-corrected chi connectivity index (χ2v) is 11.0. The first-order chi connectivity index (χ1) is 16.8. The lowest BCUT2D eigenvalue weighted by Gasteiger charge is -2.15. The summed E-state index contributed by atoms with van der Waals surface area (Å²) in [6.45, 7) is 5.07. The maximum Gasteiger partial charge on any atom is 0.570 e. The van der Waals surface area contributed by atoms with Gasteiger partial charge in [0.05, 0.1) is 0 Å². The molecule has 0 saturated heterocycles. The number of aliphatic hydroxyl groups excluding tert-OH is 1. The molecule has 0 radical (unpaired) electrons. The third kappa shape index (κ3) is 25.1. The lowest BCUT2D eigenvalue weighted by molar-refractivity contribution is -0.147. The highest BCUT2D eigenvalue weighted by Crippen LogP contribution is 2.52. The van der Waals surface area contributed by atoms with E-state index < -0.39 is 14.3 Å². The zero-order chi connectivity index (χ0) is 26.2. The van der Waals surface area contributed by atoms with E-state index in [-0.39, 0.29) is 25.8 Å². The number of nitrogens with zero attached hydrogens (tertiary/aromatic N) is 1. The van der Waals surface area contributed by atoms with Crippen LogP contribution >= 0.6 is 8.17 Å². The van der Waals surface area contributed by atoms with Crippen molar-refractivity contribution >= 4 is 14.1 Å². The fourth-order valence-corrected chi connectivity index (χ4v) is 4.40. The number of esters is 1. The van der Waals surface area contributed by atoms with Crippen LogP contribution in [0.3, 0.4) is 0 Å². The van der Waals surface area contributed by atoms with Crippen LogP contribution in [-0.4, -0.2) is 71.8 Å². The minimum Gasteiger partial charge on any atom is -0.463 e. The number of rotatable bonds is 26. The van der Waals surface area contributed by atoms with E-state index in [0.717, 1.165) is 25.8 Å². The molecule has 0 fully saturated rings. The minimum atomic E-state index is -3.98. The summed E-state index contributed by atoms with van der Waals surface area (Å²) in [6, 6.07) is 0. The minimum absolute atomic E-state index is 0.107. The Labute approximate surface area is 215 Å². The number of carbonyl (C=O) groups excluding carboxylic acids is 1. The van der Waals surface area contributed by atoms with Crippen LogP contribution in [-0.2, 0) is 18.6 Å². The summed E-state index contributed by atoms with van der Waals surface area (Å²) in [5.74, 6) is -0.355. The molecule has 0 amide bonds. The quantitative estimate of drug-likeness (QED) is 0.0740. The van der Waals surface area contributed by atoms with Gasteiger partial charge in [0.1, 0.15) is 25.9 Å². The molecule has 0 aromatic rings. The zero-order valence-corrected chi connectivity index (χ0v) is 23.7. The Morgan fingerprint density at radius 1 is 0.771 bits per heavy atom. The molecule has 0 aliphatic heterocycles. The lowest BCUT2D eigenvalue weighted by atomic mass is 10.0. The monoisotopic (exact) mass is 524 g/mol. The maximum atomic E-state index is 11.8. The first-order valence-corrected chi connectivity index (χ1v) is 15.5. The molecular weight excluding hydrogens is 469 g/mol. The number of hydrogen-bond acceptors (Lipinski definition) is 8. The van der Waals surface area contributed by atoms with E-state index in [2.05, 4.69) is 6.92 Å². The Morgan fingerprint density at radius 3 is 1.74 bits per heavy atom. The summed E-state index contributed by atoms with van der Waals surface area (Å²) in [7, 11) is -2.10. The molecular formula is C26H55NO7P+. The molecule has 8 nitrogen and oxygen atoms in total. The van der Waals surface area contributed by atoms with Crippen LogP contribution in [0.25, 0.3) is 0 Å². The third-order valence-electron chi connectivity index (χ3n) is 6.13. The van der Waals surface area contributed by atoms with Crippen molar-refractivity contribution in [3.8, 4) is 0 Å². The molecule has 0 bridgehead atoms. The summed E-state index contributed by atoms with van der Waals surface area (Å²) >= 11 is 0. The molecule has 9 heteroatoms. The molecule has 1 atom stereocenters. The Hall–Kier alpha value is -0.340. The first kappa shape index (κ1) is 34.7. The SMILES string of the molecule is CCCCCCCCCCCCCCCCCC(=O)OCC(O)CO[P+](O)(O)OCCN(C)CC. The van der Waals surface area contributed by atoms with Crippen molar-refractivity contribution in [2.45, 2.75) is 123 Å².